The SMILES string of the molecule is C=C1N=C(c2ccc(N3[C@@H]4CC[C@H]3CC(OCc3c(-c5ccccc5C)noc3C3CC3)C4)cc2F)NO1. The summed E-state index contributed by atoms with van der Waals surface area (Å²) in [6, 6.07) is 14.3. The summed E-state index contributed by atoms with van der Waals surface area (Å²) in [5.74, 6) is 1.71. The van der Waals surface area contributed by atoms with Crippen molar-refractivity contribution in [3.63, 3.8) is 0 Å². The highest BCUT2D eigenvalue weighted by atomic mass is 19.1. The van der Waals surface area contributed by atoms with Crippen LogP contribution < -0.4 is 10.4 Å². The molecule has 7 nitrogen and oxygen atoms in total. The molecule has 0 spiro atoms. The Balaban J connectivity index is 1.07. The maximum absolute atomic E-state index is 15.1. The number of ether oxygens (including phenoxy) is 1. The van der Waals surface area contributed by atoms with Crippen LogP contribution in [0, 0.1) is 12.7 Å². The van der Waals surface area contributed by atoms with Crippen LogP contribution in [0.3, 0.4) is 0 Å². The van der Waals surface area contributed by atoms with Crippen LogP contribution in [0.25, 0.3) is 11.3 Å². The van der Waals surface area contributed by atoms with Gasteiger partial charge in [-0.3, -0.25) is 0 Å². The van der Waals surface area contributed by atoms with Crippen LogP contribution in [-0.2, 0) is 16.2 Å². The number of nitrogens with zero attached hydrogens (tertiary/aromatic N) is 3. The van der Waals surface area contributed by atoms with E-state index < -0.39 is 0 Å². The van der Waals surface area contributed by atoms with Crippen molar-refractivity contribution in [1.82, 2.24) is 10.6 Å². The summed E-state index contributed by atoms with van der Waals surface area (Å²) >= 11 is 0. The molecule has 3 atom stereocenters. The van der Waals surface area contributed by atoms with Gasteiger partial charge in [0.15, 0.2) is 5.84 Å². The predicted molar refractivity (Wildman–Crippen MR) is 142 cm³/mol. The van der Waals surface area contributed by atoms with Gasteiger partial charge in [0.2, 0.25) is 5.88 Å². The molecule has 1 saturated carbocycles. The zero-order valence-electron chi connectivity index (χ0n) is 21.5. The molecule has 4 heterocycles. The summed E-state index contributed by atoms with van der Waals surface area (Å²) in [5.41, 5.74) is 8.22. The monoisotopic (exact) mass is 514 g/mol. The summed E-state index contributed by atoms with van der Waals surface area (Å²) in [7, 11) is 0. The molecule has 196 valence electrons. The van der Waals surface area contributed by atoms with Gasteiger partial charge in [0.25, 0.3) is 0 Å². The second kappa shape index (κ2) is 9.27. The number of aromatic nitrogens is 1. The topological polar surface area (TPSA) is 72.1 Å². The number of fused-ring (bicyclic) bond motifs is 2. The van der Waals surface area contributed by atoms with Crippen molar-refractivity contribution >= 4 is 11.5 Å². The molecule has 1 aliphatic carbocycles. The number of aliphatic imine (C=N–C) groups is 1. The lowest BCUT2D eigenvalue weighted by molar-refractivity contribution is 0.0147. The van der Waals surface area contributed by atoms with Crippen molar-refractivity contribution in [2.45, 2.75) is 76.2 Å². The Bertz CT molecular complexity index is 1410. The first-order valence-electron chi connectivity index (χ1n) is 13.5. The smallest absolute Gasteiger partial charge is 0.240 e. The Labute approximate surface area is 221 Å². The normalized spacial score (nSPS) is 24.4. The van der Waals surface area contributed by atoms with E-state index in [4.69, 9.17) is 14.1 Å². The van der Waals surface area contributed by atoms with Crippen molar-refractivity contribution in [2.24, 2.45) is 4.99 Å². The van der Waals surface area contributed by atoms with Gasteiger partial charge in [-0.15, -0.1) is 0 Å². The van der Waals surface area contributed by atoms with E-state index in [1.165, 1.54) is 5.56 Å². The number of halogens is 1. The van der Waals surface area contributed by atoms with E-state index in [-0.39, 0.29) is 17.8 Å². The first-order valence-corrected chi connectivity index (χ1v) is 13.5. The van der Waals surface area contributed by atoms with Crippen molar-refractivity contribution < 1.29 is 18.5 Å². The summed E-state index contributed by atoms with van der Waals surface area (Å²) in [4.78, 5) is 11.5. The molecule has 4 aliphatic rings. The highest BCUT2D eigenvalue weighted by molar-refractivity contribution is 6.00. The number of hydroxylamine groups is 1. The molecule has 1 aromatic heterocycles. The number of benzene rings is 2. The number of hydrogen-bond donors (Lipinski definition) is 1. The van der Waals surface area contributed by atoms with Crippen molar-refractivity contribution in [2.75, 3.05) is 4.90 Å². The minimum absolute atomic E-state index is 0.153. The van der Waals surface area contributed by atoms with Gasteiger partial charge in [0, 0.05) is 34.8 Å². The Kier molecular flexibility index (Phi) is 5.73. The van der Waals surface area contributed by atoms with Gasteiger partial charge >= 0.3 is 0 Å². The quantitative estimate of drug-likeness (QED) is 0.409. The standard InChI is InChI=1S/C30H31FN4O3/c1-17-5-3-4-6-24(17)28-26(29(38-33-28)19-7-8-19)16-36-23-13-20-9-10-21(14-23)35(20)22-11-12-25(27(31)15-22)30-32-18(2)37-34-30/h3-6,11-12,15,19-21,23H,2,7-10,13-14,16H2,1H3,(H,32,34)/t20-,21+,23?. The molecule has 2 bridgehead atoms. The number of nitrogens with one attached hydrogen (secondary N) is 1. The second-order valence-electron chi connectivity index (χ2n) is 10.9. The molecule has 2 saturated heterocycles. The average molecular weight is 515 g/mol. The second-order valence-corrected chi connectivity index (χ2v) is 10.9. The van der Waals surface area contributed by atoms with E-state index in [0.717, 1.165) is 66.8 Å². The van der Waals surface area contributed by atoms with Gasteiger partial charge in [0.1, 0.15) is 17.3 Å². The molecule has 3 aromatic rings. The molecule has 7 rings (SSSR count). The van der Waals surface area contributed by atoms with Crippen LogP contribution in [0.5, 0.6) is 0 Å². The fraction of sp³-hybridized carbons (Fsp3) is 0.400. The molecule has 1 N–H and O–H groups in total. The lowest BCUT2D eigenvalue weighted by atomic mass is 9.97. The molecule has 38 heavy (non-hydrogen) atoms. The van der Waals surface area contributed by atoms with E-state index in [2.05, 4.69) is 46.2 Å². The lowest BCUT2D eigenvalue weighted by Gasteiger charge is -2.40. The molecule has 3 aliphatic heterocycles. The van der Waals surface area contributed by atoms with Gasteiger partial charge in [-0.1, -0.05) is 29.4 Å². The average Bonchev–Trinajstić information content (AvgIpc) is 3.43. The van der Waals surface area contributed by atoms with Crippen LogP contribution in [0.2, 0.25) is 0 Å². The molecule has 0 amide bonds. The van der Waals surface area contributed by atoms with Gasteiger partial charge in [-0.05, 0) is 75.8 Å². The summed E-state index contributed by atoms with van der Waals surface area (Å²) < 4.78 is 27.5. The van der Waals surface area contributed by atoms with Gasteiger partial charge in [0.05, 0.1) is 18.3 Å². The molecule has 8 heteroatoms. The first-order chi connectivity index (χ1) is 18.5. The highest BCUT2D eigenvalue weighted by Gasteiger charge is 2.42. The number of anilines is 1. The maximum Gasteiger partial charge on any atom is 0.240 e. The van der Waals surface area contributed by atoms with Crippen LogP contribution in [-0.4, -0.2) is 29.2 Å². The predicted octanol–water partition coefficient (Wildman–Crippen LogP) is 6.14. The third-order valence-electron chi connectivity index (χ3n) is 8.33. The fourth-order valence-corrected chi connectivity index (χ4v) is 6.31. The third-order valence-corrected chi connectivity index (χ3v) is 8.33. The Morgan fingerprint density at radius 2 is 1.87 bits per heavy atom. The third kappa shape index (κ3) is 4.17. The largest absolute Gasteiger partial charge is 0.373 e. The summed E-state index contributed by atoms with van der Waals surface area (Å²) in [6.07, 6.45) is 6.48. The zero-order chi connectivity index (χ0) is 25.8. The minimum atomic E-state index is -0.325. The lowest BCUT2D eigenvalue weighted by Crippen LogP contribution is -2.45. The number of rotatable bonds is 7. The van der Waals surface area contributed by atoms with Crippen molar-refractivity contribution in [3.8, 4) is 11.3 Å². The zero-order valence-corrected chi connectivity index (χ0v) is 21.5. The minimum Gasteiger partial charge on any atom is -0.373 e. The molecule has 3 fully saturated rings. The molecule has 2 aromatic carbocycles. The molecule has 1 unspecified atom stereocenters. The number of piperidine rings is 1. The van der Waals surface area contributed by atoms with Crippen LogP contribution in [0.1, 0.15) is 66.9 Å². The molecular formula is C30H31FN4O3. The molecule has 0 radical (unpaired) electrons. The fourth-order valence-electron chi connectivity index (χ4n) is 6.31. The van der Waals surface area contributed by atoms with Gasteiger partial charge in [-0.2, -0.15) is 4.99 Å². The van der Waals surface area contributed by atoms with E-state index >= 15 is 4.39 Å². The van der Waals surface area contributed by atoms with Crippen LogP contribution >= 0.6 is 0 Å². The first kappa shape index (κ1) is 23.5. The molecular weight excluding hydrogens is 483 g/mol. The maximum atomic E-state index is 15.1. The Hall–Kier alpha value is -3.65. The summed E-state index contributed by atoms with van der Waals surface area (Å²) in [6.45, 7) is 6.25. The van der Waals surface area contributed by atoms with Crippen LogP contribution in [0.4, 0.5) is 10.1 Å². The van der Waals surface area contributed by atoms with E-state index in [9.17, 15) is 0 Å². The number of aryl methyl sites for hydroxylation is 1. The van der Waals surface area contributed by atoms with Crippen LogP contribution in [0.15, 0.2) is 64.4 Å². The highest BCUT2D eigenvalue weighted by Crippen LogP contribution is 2.45. The van der Waals surface area contributed by atoms with Crippen molar-refractivity contribution in [1.29, 1.82) is 0 Å². The van der Waals surface area contributed by atoms with Crippen molar-refractivity contribution in [3.05, 3.63) is 83.2 Å². The number of amidine groups is 1. The van der Waals surface area contributed by atoms with Gasteiger partial charge in [-0.25, -0.2) is 9.87 Å². The number of hydrogen-bond acceptors (Lipinski definition) is 7. The van der Waals surface area contributed by atoms with E-state index in [1.807, 2.05) is 18.2 Å². The van der Waals surface area contributed by atoms with E-state index in [1.54, 1.807) is 12.1 Å². The Morgan fingerprint density at radius 1 is 1.08 bits per heavy atom. The Morgan fingerprint density at radius 3 is 2.55 bits per heavy atom. The summed E-state index contributed by atoms with van der Waals surface area (Å²) in [5, 5.41) is 4.49. The van der Waals surface area contributed by atoms with Gasteiger partial charge < -0.3 is 19.0 Å². The van der Waals surface area contributed by atoms with E-state index in [0.29, 0.717) is 36.0 Å².